The van der Waals surface area contributed by atoms with Crippen molar-refractivity contribution in [3.63, 3.8) is 0 Å². The van der Waals surface area contributed by atoms with E-state index in [1.165, 1.54) is 76.6 Å². The fourth-order valence-corrected chi connectivity index (χ4v) is 20.7. The summed E-state index contributed by atoms with van der Waals surface area (Å²) in [5.74, 6) is 0.684. The molecule has 18 heteroatoms. The first kappa shape index (κ1) is 70.2. The number of carbonyl (C=O) groups excluding carboxylic acids is 4. The predicted molar refractivity (Wildman–Crippen MR) is 397 cm³/mol. The molecule has 480 valence electrons. The largest absolute Gasteiger partial charge is 0.461 e. The summed E-state index contributed by atoms with van der Waals surface area (Å²) in [5.41, 5.74) is 4.59. The molecule has 0 radical (unpaired) electrons. The van der Waals surface area contributed by atoms with Crippen molar-refractivity contribution in [2.75, 3.05) is 26.4 Å². The molecule has 0 amide bonds. The number of benzene rings is 2. The van der Waals surface area contributed by atoms with E-state index < -0.39 is 0 Å². The third-order valence-corrected chi connectivity index (χ3v) is 26.4. The molecular formula is C72H82Br2O8S8. The monoisotopic (exact) mass is 1490 g/mol. The van der Waals surface area contributed by atoms with Crippen LogP contribution in [0.5, 0.6) is 0 Å². The zero-order valence-electron chi connectivity index (χ0n) is 52.8. The van der Waals surface area contributed by atoms with Gasteiger partial charge in [0, 0.05) is 82.1 Å². The van der Waals surface area contributed by atoms with E-state index in [0.717, 1.165) is 161 Å². The second-order valence-electron chi connectivity index (χ2n) is 23.1. The highest BCUT2D eigenvalue weighted by Crippen LogP contribution is 2.54. The minimum absolute atomic E-state index is 0.231. The molecule has 10 rings (SSSR count). The van der Waals surface area contributed by atoms with Gasteiger partial charge in [-0.1, -0.05) is 132 Å². The number of unbranched alkanes of at least 4 members (excludes halogenated alkanes) is 4. The van der Waals surface area contributed by atoms with Crippen LogP contribution in [0.1, 0.15) is 197 Å². The maximum absolute atomic E-state index is 13.1. The topological polar surface area (TPSA) is 105 Å². The molecule has 0 aliphatic carbocycles. The van der Waals surface area contributed by atoms with Crippen molar-refractivity contribution in [3.05, 3.63) is 111 Å². The van der Waals surface area contributed by atoms with Gasteiger partial charge in [0.15, 0.2) is 0 Å². The lowest BCUT2D eigenvalue weighted by molar-refractivity contribution is 0.0425. The SMILES string of the molecule is CCCCC(CC)COC(=O)c1ccc(-c2c3cc(Br)sc3c(-c3ccc(C(=O)OCC(CC)CCCC)s3)c3cc(Br)sc23)s1.CCCCC(CC)COC(=O)c1ccc(-c2c3ccsc3c(-c3ccc(C(=O)OCC(CC)CCCC)s3)c3ccsc23)s1. The van der Waals surface area contributed by atoms with Crippen LogP contribution in [0.25, 0.3) is 82.1 Å². The first-order valence-electron chi connectivity index (χ1n) is 32.1. The minimum Gasteiger partial charge on any atom is -0.461 e. The molecule has 0 fully saturated rings. The van der Waals surface area contributed by atoms with Crippen molar-refractivity contribution in [1.82, 2.24) is 0 Å². The van der Waals surface area contributed by atoms with Crippen molar-refractivity contribution < 1.29 is 38.1 Å². The van der Waals surface area contributed by atoms with E-state index in [0.29, 0.717) is 69.6 Å². The maximum Gasteiger partial charge on any atom is 0.348 e. The van der Waals surface area contributed by atoms with Gasteiger partial charge in [-0.3, -0.25) is 0 Å². The average Bonchev–Trinajstić information content (AvgIpc) is 1.56. The van der Waals surface area contributed by atoms with Crippen molar-refractivity contribution in [3.8, 4) is 41.8 Å². The highest BCUT2D eigenvalue weighted by Gasteiger charge is 2.27. The Hall–Kier alpha value is -4.08. The van der Waals surface area contributed by atoms with Gasteiger partial charge in [0.1, 0.15) is 19.5 Å². The normalized spacial score (nSPS) is 13.0. The highest BCUT2D eigenvalue weighted by atomic mass is 79.9. The second-order valence-corrected chi connectivity index (χ2v) is 34.2. The van der Waals surface area contributed by atoms with E-state index >= 15 is 0 Å². The van der Waals surface area contributed by atoms with Crippen LogP contribution in [0.3, 0.4) is 0 Å². The highest BCUT2D eigenvalue weighted by molar-refractivity contribution is 9.11. The lowest BCUT2D eigenvalue weighted by Gasteiger charge is -2.14. The standard InChI is InChI=1S/C36H40Br2O4S4.C36H42O4S4/c1-5-9-11-21(7-3)19-41-35(39)27-15-13-25(43-27)31-23-17-29(37)46-34(23)32(24-18-30(38)45-33(24)31)26-14-16-28(44-26)36(40)42-20-22(8-4)12-10-6-2;1-5-9-11-23(7-3)21-39-35(37)29-15-13-27(43-29)31-25-17-19-42-34(25)32(26-18-20-41-33(26)31)28-14-16-30(44-28)36(38)40-22-24(8-4)12-10-6-2/h13-18,21-22H,5-12,19-20H2,1-4H3;13-20,23-24H,5-12,21-22H2,1-4H3. The lowest BCUT2D eigenvalue weighted by Crippen LogP contribution is -2.13. The van der Waals surface area contributed by atoms with E-state index in [-0.39, 0.29) is 23.9 Å². The van der Waals surface area contributed by atoms with Gasteiger partial charge in [0.05, 0.1) is 34.0 Å². The predicted octanol–water partition coefficient (Wildman–Crippen LogP) is 26.2. The summed E-state index contributed by atoms with van der Waals surface area (Å²) in [6.45, 7) is 19.3. The quantitative estimate of drug-likeness (QED) is 0.0303. The Bertz CT molecular complexity index is 3640. The van der Waals surface area contributed by atoms with E-state index in [1.807, 2.05) is 36.4 Å². The second kappa shape index (κ2) is 34.4. The fraction of sp³-hybridized carbons (Fsp3) is 0.444. The van der Waals surface area contributed by atoms with E-state index in [4.69, 9.17) is 18.9 Å². The summed E-state index contributed by atoms with van der Waals surface area (Å²) in [4.78, 5) is 59.0. The van der Waals surface area contributed by atoms with Crippen LogP contribution >= 0.6 is 123 Å². The Morgan fingerprint density at radius 3 is 0.878 bits per heavy atom. The number of carbonyl (C=O) groups is 4. The Morgan fingerprint density at radius 1 is 0.356 bits per heavy atom. The van der Waals surface area contributed by atoms with Crippen LogP contribution < -0.4 is 0 Å². The third kappa shape index (κ3) is 17.1. The molecule has 2 aromatic carbocycles. The Labute approximate surface area is 580 Å². The molecule has 0 saturated carbocycles. The summed E-state index contributed by atoms with van der Waals surface area (Å²) < 4.78 is 29.8. The minimum atomic E-state index is -0.247. The molecule has 8 heterocycles. The van der Waals surface area contributed by atoms with Gasteiger partial charge in [-0.05, 0) is 165 Å². The number of thiophene rings is 8. The summed E-state index contributed by atoms with van der Waals surface area (Å²) >= 11 is 20.3. The molecule has 0 saturated heterocycles. The molecule has 0 aliphatic heterocycles. The Balaban J connectivity index is 0.000000214. The van der Waals surface area contributed by atoms with Crippen LogP contribution in [-0.2, 0) is 18.9 Å². The van der Waals surface area contributed by atoms with Gasteiger partial charge >= 0.3 is 23.9 Å². The van der Waals surface area contributed by atoms with Crippen LogP contribution in [0, 0.1) is 23.7 Å². The number of rotatable bonds is 32. The number of halogens is 2. The van der Waals surface area contributed by atoms with Crippen molar-refractivity contribution in [1.29, 1.82) is 0 Å². The van der Waals surface area contributed by atoms with Gasteiger partial charge in [0.2, 0.25) is 0 Å². The molecule has 0 aliphatic rings. The molecule has 0 N–H and O–H groups in total. The zero-order chi connectivity index (χ0) is 63.8. The van der Waals surface area contributed by atoms with Gasteiger partial charge < -0.3 is 18.9 Å². The van der Waals surface area contributed by atoms with Gasteiger partial charge in [-0.2, -0.15) is 0 Å². The van der Waals surface area contributed by atoms with Crippen molar-refractivity contribution >= 4 is 187 Å². The van der Waals surface area contributed by atoms with Crippen molar-refractivity contribution in [2.24, 2.45) is 23.7 Å². The van der Waals surface area contributed by atoms with Gasteiger partial charge in [-0.25, -0.2) is 19.2 Å². The summed E-state index contributed by atoms with van der Waals surface area (Å²) in [7, 11) is 0. The molecule has 8 aromatic heterocycles. The lowest BCUT2D eigenvalue weighted by atomic mass is 10.0. The zero-order valence-corrected chi connectivity index (χ0v) is 62.5. The molecule has 8 nitrogen and oxygen atoms in total. The molecule has 0 spiro atoms. The first-order chi connectivity index (χ1) is 43.8. The molecular weight excluding hydrogens is 1410 g/mol. The van der Waals surface area contributed by atoms with Crippen LogP contribution in [0.15, 0.2) is 91.1 Å². The van der Waals surface area contributed by atoms with Crippen LogP contribution in [0.2, 0.25) is 0 Å². The summed E-state index contributed by atoms with van der Waals surface area (Å²) in [5, 5.41) is 8.86. The summed E-state index contributed by atoms with van der Waals surface area (Å²) in [6.07, 6.45) is 17.7. The Kier molecular flexibility index (Phi) is 26.8. The van der Waals surface area contributed by atoms with Crippen LogP contribution in [-0.4, -0.2) is 50.3 Å². The third-order valence-electron chi connectivity index (χ3n) is 16.9. The Morgan fingerprint density at radius 2 is 0.622 bits per heavy atom. The van der Waals surface area contributed by atoms with Crippen LogP contribution in [0.4, 0.5) is 0 Å². The molecule has 0 bridgehead atoms. The van der Waals surface area contributed by atoms with E-state index in [1.54, 1.807) is 45.3 Å². The molecule has 90 heavy (non-hydrogen) atoms. The number of ether oxygens (including phenoxy) is 4. The first-order valence-corrected chi connectivity index (χ1v) is 40.3. The fourth-order valence-electron chi connectivity index (χ4n) is 11.3. The number of esters is 4. The number of hydrogen-bond donors (Lipinski definition) is 0. The average molecular weight is 1490 g/mol. The molecule has 4 atom stereocenters. The molecule has 4 unspecified atom stereocenters. The van der Waals surface area contributed by atoms with E-state index in [2.05, 4.69) is 134 Å². The molecule has 10 aromatic rings. The van der Waals surface area contributed by atoms with Crippen molar-refractivity contribution in [2.45, 2.75) is 158 Å². The van der Waals surface area contributed by atoms with Gasteiger partial charge in [-0.15, -0.1) is 90.7 Å². The summed E-state index contributed by atoms with van der Waals surface area (Å²) in [6, 6.07) is 24.5. The number of hydrogen-bond acceptors (Lipinski definition) is 16. The number of fused-ring (bicyclic) bond motifs is 4. The maximum atomic E-state index is 13.1. The smallest absolute Gasteiger partial charge is 0.348 e. The van der Waals surface area contributed by atoms with E-state index in [9.17, 15) is 19.2 Å². The van der Waals surface area contributed by atoms with Gasteiger partial charge in [0.25, 0.3) is 0 Å².